The zero-order valence-corrected chi connectivity index (χ0v) is 27.5. The van der Waals surface area contributed by atoms with Crippen molar-refractivity contribution >= 4 is 24.0 Å². The normalized spacial score (nSPS) is 13.8. The molecule has 46 heavy (non-hydrogen) atoms. The number of hydrazine groups is 1. The van der Waals surface area contributed by atoms with Crippen LogP contribution in [0, 0.1) is 11.8 Å². The van der Waals surface area contributed by atoms with Crippen molar-refractivity contribution in [3.63, 3.8) is 0 Å². The Labute approximate surface area is 271 Å². The average molecular weight is 644 g/mol. The van der Waals surface area contributed by atoms with Crippen LogP contribution in [0.25, 0.3) is 0 Å². The van der Waals surface area contributed by atoms with Gasteiger partial charge in [-0.25, -0.2) is 14.6 Å². The van der Waals surface area contributed by atoms with E-state index in [0.717, 1.165) is 5.56 Å². The fraction of sp³-hybridized carbons (Fsp3) is 0.515. The molecule has 0 aromatic heterocycles. The van der Waals surface area contributed by atoms with Crippen LogP contribution in [0.2, 0.25) is 0 Å². The van der Waals surface area contributed by atoms with Gasteiger partial charge in [-0.3, -0.25) is 15.0 Å². The van der Waals surface area contributed by atoms with Crippen LogP contribution in [0.1, 0.15) is 65.1 Å². The van der Waals surface area contributed by atoms with Crippen molar-refractivity contribution < 1.29 is 38.9 Å². The summed E-state index contributed by atoms with van der Waals surface area (Å²) in [5.41, 5.74) is 4.27. The van der Waals surface area contributed by atoms with Gasteiger partial charge in [-0.15, -0.1) is 0 Å². The standard InChI is InChI=1S/C33H49N5O8/c1-7-45-32(43)35-27(21(3)4)30(41)34-29(24-12-10-9-11-13-24)26(40)18-19-38(20-23-14-16-25(39)17-15-23)37-31(42)28(22(5)6)36-33(44)46-8-2/h9-17,21-22,26-29,39-40H,7-8,18-20H2,1-6H3,(H,34,41)(H,35,43)(H,36,44)(H,37,42). The molecule has 0 aliphatic heterocycles. The molecule has 13 nitrogen and oxygen atoms in total. The number of hydrogen-bond donors (Lipinski definition) is 6. The summed E-state index contributed by atoms with van der Waals surface area (Å²) < 4.78 is 9.93. The van der Waals surface area contributed by atoms with E-state index in [1.165, 1.54) is 12.1 Å². The van der Waals surface area contributed by atoms with Gasteiger partial charge in [0.15, 0.2) is 0 Å². The van der Waals surface area contributed by atoms with Crippen molar-refractivity contribution in [1.82, 2.24) is 26.4 Å². The number of alkyl carbamates (subject to hydrolysis) is 2. The van der Waals surface area contributed by atoms with E-state index in [-0.39, 0.29) is 50.3 Å². The number of phenolic OH excluding ortho intramolecular Hbond substituents is 1. The van der Waals surface area contributed by atoms with Crippen LogP contribution in [0.15, 0.2) is 54.6 Å². The van der Waals surface area contributed by atoms with Gasteiger partial charge >= 0.3 is 12.2 Å². The van der Waals surface area contributed by atoms with Gasteiger partial charge in [0, 0.05) is 13.1 Å². The second kappa shape index (κ2) is 19.2. The van der Waals surface area contributed by atoms with Gasteiger partial charge in [-0.1, -0.05) is 70.2 Å². The molecule has 6 N–H and O–H groups in total. The quantitative estimate of drug-likeness (QED) is 0.141. The maximum Gasteiger partial charge on any atom is 0.407 e. The maximum atomic E-state index is 13.4. The average Bonchev–Trinajstić information content (AvgIpc) is 3.01. The monoisotopic (exact) mass is 643 g/mol. The van der Waals surface area contributed by atoms with Crippen LogP contribution >= 0.6 is 0 Å². The number of carbonyl (C=O) groups is 4. The lowest BCUT2D eigenvalue weighted by Gasteiger charge is -2.31. The number of hydrogen-bond acceptors (Lipinski definition) is 9. The zero-order chi connectivity index (χ0) is 34.2. The van der Waals surface area contributed by atoms with Gasteiger partial charge in [0.05, 0.1) is 25.4 Å². The van der Waals surface area contributed by atoms with E-state index in [2.05, 4.69) is 21.4 Å². The van der Waals surface area contributed by atoms with Crippen molar-refractivity contribution in [2.75, 3.05) is 19.8 Å². The van der Waals surface area contributed by atoms with Crippen molar-refractivity contribution in [3.05, 3.63) is 65.7 Å². The molecule has 0 heterocycles. The molecule has 0 radical (unpaired) electrons. The summed E-state index contributed by atoms with van der Waals surface area (Å²) in [5.74, 6) is -1.41. The SMILES string of the molecule is CCOC(=O)NC(C(=O)NC(c1ccccc1)C(O)CCN(Cc1ccc(O)cc1)NC(=O)C(NC(=O)OCC)C(C)C)C(C)C. The molecule has 2 rings (SSSR count). The summed E-state index contributed by atoms with van der Waals surface area (Å²) in [6, 6.07) is 12.8. The van der Waals surface area contributed by atoms with Crippen LogP contribution in [0.3, 0.4) is 0 Å². The molecule has 0 saturated heterocycles. The van der Waals surface area contributed by atoms with Crippen molar-refractivity contribution in [1.29, 1.82) is 0 Å². The molecule has 0 saturated carbocycles. The highest BCUT2D eigenvalue weighted by Gasteiger charge is 2.31. The number of aromatic hydroxyl groups is 1. The van der Waals surface area contributed by atoms with E-state index in [0.29, 0.717) is 5.56 Å². The first-order valence-electron chi connectivity index (χ1n) is 15.6. The van der Waals surface area contributed by atoms with E-state index in [4.69, 9.17) is 9.47 Å². The Bertz CT molecular complexity index is 1240. The molecule has 0 aliphatic rings. The molecule has 254 valence electrons. The van der Waals surface area contributed by atoms with Crippen molar-refractivity contribution in [2.45, 2.75) is 78.7 Å². The molecule has 4 amide bonds. The molecule has 0 spiro atoms. The van der Waals surface area contributed by atoms with E-state index in [1.807, 2.05) is 6.07 Å². The number of ether oxygens (including phenoxy) is 2. The second-order valence-corrected chi connectivity index (χ2v) is 11.5. The Kier molecular flexibility index (Phi) is 15.8. The zero-order valence-electron chi connectivity index (χ0n) is 27.5. The van der Waals surface area contributed by atoms with Crippen molar-refractivity contribution in [2.24, 2.45) is 11.8 Å². The Balaban J connectivity index is 2.28. The first kappa shape index (κ1) is 37.8. The van der Waals surface area contributed by atoms with Gasteiger partial charge in [-0.05, 0) is 55.4 Å². The van der Waals surface area contributed by atoms with Crippen LogP contribution < -0.4 is 21.4 Å². The van der Waals surface area contributed by atoms with E-state index in [1.54, 1.807) is 82.9 Å². The maximum absolute atomic E-state index is 13.4. The Morgan fingerprint density at radius 3 is 1.78 bits per heavy atom. The third kappa shape index (κ3) is 12.6. The molecule has 2 aromatic carbocycles. The minimum atomic E-state index is -1.11. The number of amides is 4. The summed E-state index contributed by atoms with van der Waals surface area (Å²) in [4.78, 5) is 51.0. The Morgan fingerprint density at radius 2 is 1.28 bits per heavy atom. The predicted octanol–water partition coefficient (Wildman–Crippen LogP) is 3.38. The third-order valence-corrected chi connectivity index (χ3v) is 7.11. The Morgan fingerprint density at radius 1 is 0.761 bits per heavy atom. The van der Waals surface area contributed by atoms with Gasteiger partial charge in [0.1, 0.15) is 17.8 Å². The summed E-state index contributed by atoms with van der Waals surface area (Å²) in [6.07, 6.45) is -2.44. The first-order valence-corrected chi connectivity index (χ1v) is 15.6. The highest BCUT2D eigenvalue weighted by molar-refractivity contribution is 5.86. The summed E-state index contributed by atoms with van der Waals surface area (Å²) in [7, 11) is 0. The number of aliphatic hydroxyl groups excluding tert-OH is 1. The largest absolute Gasteiger partial charge is 0.508 e. The van der Waals surface area contributed by atoms with Crippen molar-refractivity contribution in [3.8, 4) is 5.75 Å². The van der Waals surface area contributed by atoms with Crippen LogP contribution in [-0.4, -0.2) is 77.2 Å². The molecular formula is C33H49N5O8. The molecule has 2 aromatic rings. The molecule has 0 bridgehead atoms. The second-order valence-electron chi connectivity index (χ2n) is 11.5. The first-order chi connectivity index (χ1) is 21.9. The molecule has 13 heteroatoms. The number of nitrogens with zero attached hydrogens (tertiary/aromatic N) is 1. The Hall–Kier alpha value is -4.36. The van der Waals surface area contributed by atoms with Crippen LogP contribution in [-0.2, 0) is 25.6 Å². The molecule has 4 unspecified atom stereocenters. The van der Waals surface area contributed by atoms with Crippen LogP contribution in [0.4, 0.5) is 9.59 Å². The van der Waals surface area contributed by atoms with E-state index >= 15 is 0 Å². The van der Waals surface area contributed by atoms with Gasteiger partial charge in [-0.2, -0.15) is 0 Å². The minimum Gasteiger partial charge on any atom is -0.508 e. The van der Waals surface area contributed by atoms with Gasteiger partial charge < -0.3 is 35.6 Å². The van der Waals surface area contributed by atoms with Gasteiger partial charge in [0.2, 0.25) is 5.91 Å². The fourth-order valence-electron chi connectivity index (χ4n) is 4.65. The van der Waals surface area contributed by atoms with Gasteiger partial charge in [0.25, 0.3) is 5.91 Å². The summed E-state index contributed by atoms with van der Waals surface area (Å²) in [5, 5.41) is 30.9. The number of rotatable bonds is 17. The lowest BCUT2D eigenvalue weighted by atomic mass is 9.97. The molecule has 0 fully saturated rings. The fourth-order valence-corrected chi connectivity index (χ4v) is 4.65. The van der Waals surface area contributed by atoms with Crippen LogP contribution in [0.5, 0.6) is 5.75 Å². The summed E-state index contributed by atoms with van der Waals surface area (Å²) >= 11 is 0. The lowest BCUT2D eigenvalue weighted by molar-refractivity contribution is -0.129. The molecule has 4 atom stereocenters. The highest BCUT2D eigenvalue weighted by atomic mass is 16.6. The lowest BCUT2D eigenvalue weighted by Crippen LogP contribution is -2.55. The topological polar surface area (TPSA) is 179 Å². The molecular weight excluding hydrogens is 594 g/mol. The number of nitrogens with one attached hydrogen (secondary N) is 4. The number of carbonyl (C=O) groups excluding carboxylic acids is 4. The number of benzene rings is 2. The minimum absolute atomic E-state index is 0.0897. The number of aliphatic hydroxyl groups is 1. The van der Waals surface area contributed by atoms with E-state index in [9.17, 15) is 29.4 Å². The molecule has 0 aliphatic carbocycles. The smallest absolute Gasteiger partial charge is 0.407 e. The summed E-state index contributed by atoms with van der Waals surface area (Å²) in [6.45, 7) is 11.1. The van der Waals surface area contributed by atoms with E-state index < -0.39 is 48.2 Å². The predicted molar refractivity (Wildman–Crippen MR) is 172 cm³/mol. The third-order valence-electron chi connectivity index (χ3n) is 7.11. The highest BCUT2D eigenvalue weighted by Crippen LogP contribution is 2.21. The number of phenols is 1.